The summed E-state index contributed by atoms with van der Waals surface area (Å²) in [7, 11) is 0. The van der Waals surface area contributed by atoms with Crippen LogP contribution in [-0.2, 0) is 19.4 Å². The highest BCUT2D eigenvalue weighted by Gasteiger charge is 2.21. The SMILES string of the molecule is Clc1ccc2c(c1NCc1ccc(-c3csc(NCC4CC4)n3)nc1)CCNCC2. The van der Waals surface area contributed by atoms with Gasteiger partial charge in [-0.15, -0.1) is 11.3 Å². The number of rotatable bonds is 7. The summed E-state index contributed by atoms with van der Waals surface area (Å²) in [5.74, 6) is 0.839. The molecule has 3 aromatic rings. The first-order valence-corrected chi connectivity index (χ1v) is 11.9. The van der Waals surface area contributed by atoms with E-state index in [1.807, 2.05) is 18.3 Å². The van der Waals surface area contributed by atoms with Crippen LogP contribution in [0.3, 0.4) is 0 Å². The average molecular weight is 440 g/mol. The van der Waals surface area contributed by atoms with Crippen molar-refractivity contribution in [3.8, 4) is 11.4 Å². The topological polar surface area (TPSA) is 61.9 Å². The third-order valence-corrected chi connectivity index (χ3v) is 6.90. The molecule has 7 heteroatoms. The smallest absolute Gasteiger partial charge is 0.183 e. The van der Waals surface area contributed by atoms with Crippen LogP contribution in [0.25, 0.3) is 11.4 Å². The van der Waals surface area contributed by atoms with Crippen molar-refractivity contribution in [2.75, 3.05) is 30.3 Å². The lowest BCUT2D eigenvalue weighted by Crippen LogP contribution is -2.16. The van der Waals surface area contributed by atoms with E-state index in [4.69, 9.17) is 11.6 Å². The molecule has 5 rings (SSSR count). The van der Waals surface area contributed by atoms with Crippen molar-refractivity contribution in [2.45, 2.75) is 32.2 Å². The molecular weight excluding hydrogens is 414 g/mol. The van der Waals surface area contributed by atoms with E-state index in [0.717, 1.165) is 71.2 Å². The summed E-state index contributed by atoms with van der Waals surface area (Å²) in [6, 6.07) is 8.33. The number of fused-ring (bicyclic) bond motifs is 1. The second-order valence-corrected chi connectivity index (χ2v) is 9.34. The molecule has 156 valence electrons. The number of hydrogen-bond acceptors (Lipinski definition) is 6. The van der Waals surface area contributed by atoms with Gasteiger partial charge in [-0.2, -0.15) is 0 Å². The van der Waals surface area contributed by atoms with E-state index in [2.05, 4.69) is 43.4 Å². The number of thiazole rings is 1. The molecule has 1 aliphatic carbocycles. The lowest BCUT2D eigenvalue weighted by Gasteiger charge is -2.16. The van der Waals surface area contributed by atoms with Crippen LogP contribution >= 0.6 is 22.9 Å². The Hall–Kier alpha value is -2.15. The minimum Gasteiger partial charge on any atom is -0.379 e. The molecule has 0 bridgehead atoms. The van der Waals surface area contributed by atoms with E-state index in [1.165, 1.54) is 24.0 Å². The van der Waals surface area contributed by atoms with Crippen molar-refractivity contribution in [2.24, 2.45) is 5.92 Å². The molecule has 2 aromatic heterocycles. The molecule has 0 spiro atoms. The highest BCUT2D eigenvalue weighted by molar-refractivity contribution is 7.14. The van der Waals surface area contributed by atoms with Gasteiger partial charge in [0.05, 0.1) is 16.4 Å². The van der Waals surface area contributed by atoms with E-state index >= 15 is 0 Å². The Bertz CT molecular complexity index is 1010. The first-order valence-electron chi connectivity index (χ1n) is 10.7. The van der Waals surface area contributed by atoms with Gasteiger partial charge in [0, 0.05) is 24.7 Å². The van der Waals surface area contributed by atoms with Crippen molar-refractivity contribution < 1.29 is 0 Å². The lowest BCUT2D eigenvalue weighted by atomic mass is 10.0. The van der Waals surface area contributed by atoms with Crippen LogP contribution in [0.5, 0.6) is 0 Å². The molecule has 1 saturated carbocycles. The number of anilines is 2. The highest BCUT2D eigenvalue weighted by Crippen LogP contribution is 2.32. The van der Waals surface area contributed by atoms with Crippen LogP contribution in [0.2, 0.25) is 5.02 Å². The summed E-state index contributed by atoms with van der Waals surface area (Å²) in [6.07, 6.45) is 6.65. The van der Waals surface area contributed by atoms with Crippen LogP contribution in [0.4, 0.5) is 10.8 Å². The Morgan fingerprint density at radius 1 is 1.07 bits per heavy atom. The fourth-order valence-corrected chi connectivity index (χ4v) is 4.79. The zero-order chi connectivity index (χ0) is 20.3. The third kappa shape index (κ3) is 4.61. The van der Waals surface area contributed by atoms with Crippen molar-refractivity contribution in [1.82, 2.24) is 15.3 Å². The van der Waals surface area contributed by atoms with Gasteiger partial charge in [0.1, 0.15) is 5.69 Å². The summed E-state index contributed by atoms with van der Waals surface area (Å²) < 4.78 is 0. The monoisotopic (exact) mass is 439 g/mol. The molecule has 0 radical (unpaired) electrons. The molecule has 1 aliphatic heterocycles. The zero-order valence-corrected chi connectivity index (χ0v) is 18.5. The number of hydrogen-bond donors (Lipinski definition) is 3. The van der Waals surface area contributed by atoms with Crippen LogP contribution in [0.1, 0.15) is 29.5 Å². The molecule has 1 aromatic carbocycles. The van der Waals surface area contributed by atoms with Gasteiger partial charge in [-0.05, 0) is 73.5 Å². The molecule has 0 unspecified atom stereocenters. The molecule has 0 amide bonds. The number of halogens is 1. The Morgan fingerprint density at radius 2 is 1.97 bits per heavy atom. The number of benzene rings is 1. The predicted octanol–water partition coefficient (Wildman–Crippen LogP) is 4.98. The second kappa shape index (κ2) is 8.92. The van der Waals surface area contributed by atoms with E-state index in [-0.39, 0.29) is 0 Å². The van der Waals surface area contributed by atoms with E-state index in [1.54, 1.807) is 11.3 Å². The number of aromatic nitrogens is 2. The van der Waals surface area contributed by atoms with Gasteiger partial charge in [-0.1, -0.05) is 23.7 Å². The largest absolute Gasteiger partial charge is 0.379 e. The molecule has 0 saturated heterocycles. The van der Waals surface area contributed by atoms with Gasteiger partial charge in [-0.3, -0.25) is 4.98 Å². The Labute approximate surface area is 186 Å². The Balaban J connectivity index is 1.25. The fourth-order valence-electron chi connectivity index (χ4n) is 3.83. The maximum atomic E-state index is 6.53. The van der Waals surface area contributed by atoms with Gasteiger partial charge in [0.25, 0.3) is 0 Å². The Kier molecular flexibility index (Phi) is 5.88. The first-order chi connectivity index (χ1) is 14.8. The molecule has 2 aliphatic rings. The van der Waals surface area contributed by atoms with Gasteiger partial charge >= 0.3 is 0 Å². The third-order valence-electron chi connectivity index (χ3n) is 5.78. The molecule has 0 atom stereocenters. The predicted molar refractivity (Wildman–Crippen MR) is 126 cm³/mol. The average Bonchev–Trinajstić information content (AvgIpc) is 3.53. The molecular formula is C23H26ClN5S. The maximum Gasteiger partial charge on any atom is 0.183 e. The van der Waals surface area contributed by atoms with Gasteiger partial charge in [0.2, 0.25) is 0 Å². The second-order valence-electron chi connectivity index (χ2n) is 8.08. The molecule has 1 fully saturated rings. The van der Waals surface area contributed by atoms with Crippen LogP contribution in [0, 0.1) is 5.92 Å². The summed E-state index contributed by atoms with van der Waals surface area (Å²) >= 11 is 8.17. The van der Waals surface area contributed by atoms with Crippen molar-refractivity contribution in [3.63, 3.8) is 0 Å². The molecule has 3 N–H and O–H groups in total. The molecule has 3 heterocycles. The number of nitrogens with zero attached hydrogens (tertiary/aromatic N) is 2. The van der Waals surface area contributed by atoms with Gasteiger partial charge in [0.15, 0.2) is 5.13 Å². The summed E-state index contributed by atoms with van der Waals surface area (Å²) in [5.41, 5.74) is 6.75. The molecule has 5 nitrogen and oxygen atoms in total. The van der Waals surface area contributed by atoms with Crippen molar-refractivity contribution >= 4 is 33.8 Å². The van der Waals surface area contributed by atoms with Crippen molar-refractivity contribution in [3.05, 3.63) is 57.6 Å². The van der Waals surface area contributed by atoms with Crippen molar-refractivity contribution in [1.29, 1.82) is 0 Å². The molecule has 30 heavy (non-hydrogen) atoms. The van der Waals surface area contributed by atoms with Crippen LogP contribution < -0.4 is 16.0 Å². The van der Waals surface area contributed by atoms with E-state index in [9.17, 15) is 0 Å². The van der Waals surface area contributed by atoms with Crippen LogP contribution in [0.15, 0.2) is 35.8 Å². The maximum absolute atomic E-state index is 6.53. The first kappa shape index (κ1) is 19.8. The number of nitrogens with one attached hydrogen (secondary N) is 3. The van der Waals surface area contributed by atoms with Gasteiger partial charge in [-0.25, -0.2) is 4.98 Å². The zero-order valence-electron chi connectivity index (χ0n) is 16.9. The summed E-state index contributed by atoms with van der Waals surface area (Å²) in [6.45, 7) is 3.74. The highest BCUT2D eigenvalue weighted by atomic mass is 35.5. The fraction of sp³-hybridized carbons (Fsp3) is 0.391. The van der Waals surface area contributed by atoms with E-state index < -0.39 is 0 Å². The van der Waals surface area contributed by atoms with Crippen LogP contribution in [-0.4, -0.2) is 29.6 Å². The minimum absolute atomic E-state index is 0.697. The Morgan fingerprint density at radius 3 is 2.80 bits per heavy atom. The number of pyridine rings is 1. The van der Waals surface area contributed by atoms with E-state index in [0.29, 0.717) is 6.54 Å². The quantitative estimate of drug-likeness (QED) is 0.484. The summed E-state index contributed by atoms with van der Waals surface area (Å²) in [4.78, 5) is 9.32. The standard InChI is InChI=1S/C23H26ClN5S/c24-19-5-4-17-7-9-25-10-8-18(17)22(19)27-13-16-3-6-20(26-12-16)21-14-30-23(29-21)28-11-15-1-2-15/h3-6,12,14-15,25,27H,1-2,7-11,13H2,(H,28,29). The minimum atomic E-state index is 0.697. The normalized spacial score (nSPS) is 16.0. The summed E-state index contributed by atoms with van der Waals surface area (Å²) in [5, 5.41) is 14.3. The lowest BCUT2D eigenvalue weighted by molar-refractivity contribution is 0.711. The van der Waals surface area contributed by atoms with Gasteiger partial charge < -0.3 is 16.0 Å².